The quantitative estimate of drug-likeness (QED) is 0.683. The maximum Gasteiger partial charge on any atom is 0.0446 e. The lowest BCUT2D eigenvalue weighted by molar-refractivity contribution is 1.06. The molecule has 0 bridgehead atoms. The number of hydrogen-bond acceptors (Lipinski definition) is 1. The Morgan fingerprint density at radius 3 is 1.70 bits per heavy atom. The number of rotatable bonds is 4. The van der Waals surface area contributed by atoms with Gasteiger partial charge < -0.3 is 4.90 Å². The van der Waals surface area contributed by atoms with Crippen molar-refractivity contribution in [3.05, 3.63) is 71.3 Å². The Kier molecular flexibility index (Phi) is 4.29. The molecule has 20 heavy (non-hydrogen) atoms. The van der Waals surface area contributed by atoms with Gasteiger partial charge in [-0.05, 0) is 62.1 Å². The van der Waals surface area contributed by atoms with E-state index in [2.05, 4.69) is 75.6 Å². The second-order valence-electron chi connectivity index (χ2n) is 5.34. The average molecular weight is 265 g/mol. The fourth-order valence-corrected chi connectivity index (χ4v) is 2.51. The van der Waals surface area contributed by atoms with Crippen molar-refractivity contribution in [2.75, 3.05) is 11.4 Å². The molecule has 0 N–H and O–H groups in total. The van der Waals surface area contributed by atoms with Crippen molar-refractivity contribution in [3.63, 3.8) is 0 Å². The van der Waals surface area contributed by atoms with Crippen LogP contribution >= 0.6 is 0 Å². The third-order valence-corrected chi connectivity index (χ3v) is 4.05. The predicted molar refractivity (Wildman–Crippen MR) is 89.0 cm³/mol. The van der Waals surface area contributed by atoms with Gasteiger partial charge in [-0.3, -0.25) is 0 Å². The first kappa shape index (κ1) is 14.4. The zero-order chi connectivity index (χ0) is 14.7. The van der Waals surface area contributed by atoms with Crippen molar-refractivity contribution in [2.24, 2.45) is 0 Å². The van der Waals surface area contributed by atoms with Gasteiger partial charge in [0.15, 0.2) is 0 Å². The maximum atomic E-state index is 3.91. The van der Waals surface area contributed by atoms with Crippen LogP contribution in [0.3, 0.4) is 0 Å². The van der Waals surface area contributed by atoms with Crippen molar-refractivity contribution in [1.29, 1.82) is 0 Å². The Morgan fingerprint density at radius 1 is 0.850 bits per heavy atom. The number of aryl methyl sites for hydroxylation is 2. The molecular weight excluding hydrogens is 242 g/mol. The van der Waals surface area contributed by atoms with Crippen molar-refractivity contribution in [1.82, 2.24) is 0 Å². The van der Waals surface area contributed by atoms with E-state index >= 15 is 0 Å². The molecule has 0 saturated heterocycles. The molecule has 0 unspecified atom stereocenters. The van der Waals surface area contributed by atoms with Crippen LogP contribution in [-0.4, -0.2) is 6.54 Å². The Morgan fingerprint density at radius 2 is 1.30 bits per heavy atom. The van der Waals surface area contributed by atoms with Crippen LogP contribution in [0, 0.1) is 27.7 Å². The number of benzene rings is 2. The lowest BCUT2D eigenvalue weighted by Gasteiger charge is -2.28. The molecule has 2 aromatic carbocycles. The molecule has 1 heteroatoms. The summed E-state index contributed by atoms with van der Waals surface area (Å²) in [6, 6.07) is 12.9. The fraction of sp³-hybridized carbons (Fsp3) is 0.263. The van der Waals surface area contributed by atoms with E-state index in [1.807, 2.05) is 6.08 Å². The maximum absolute atomic E-state index is 3.91. The van der Waals surface area contributed by atoms with Gasteiger partial charge in [0, 0.05) is 17.9 Å². The number of anilines is 2. The van der Waals surface area contributed by atoms with Crippen molar-refractivity contribution < 1.29 is 0 Å². The summed E-state index contributed by atoms with van der Waals surface area (Å²) >= 11 is 0. The van der Waals surface area contributed by atoms with E-state index in [-0.39, 0.29) is 0 Å². The fourth-order valence-electron chi connectivity index (χ4n) is 2.51. The van der Waals surface area contributed by atoms with E-state index in [0.29, 0.717) is 0 Å². The van der Waals surface area contributed by atoms with E-state index in [1.165, 1.54) is 33.6 Å². The van der Waals surface area contributed by atoms with Gasteiger partial charge in [0.1, 0.15) is 0 Å². The highest BCUT2D eigenvalue weighted by Gasteiger charge is 2.14. The largest absolute Gasteiger partial charge is 0.337 e. The van der Waals surface area contributed by atoms with E-state index < -0.39 is 0 Å². The zero-order valence-electron chi connectivity index (χ0n) is 12.9. The third-order valence-electron chi connectivity index (χ3n) is 4.05. The average Bonchev–Trinajstić information content (AvgIpc) is 2.43. The highest BCUT2D eigenvalue weighted by Crippen LogP contribution is 2.32. The molecule has 0 spiro atoms. The van der Waals surface area contributed by atoms with Gasteiger partial charge in [0.25, 0.3) is 0 Å². The van der Waals surface area contributed by atoms with E-state index in [0.717, 1.165) is 6.54 Å². The summed E-state index contributed by atoms with van der Waals surface area (Å²) in [5.41, 5.74) is 7.83. The second kappa shape index (κ2) is 5.96. The standard InChI is InChI=1S/C19H23N/c1-6-13-20(18-11-7-9-14(2)16(18)4)19-12-8-10-15(3)17(19)5/h6-12H,1,13H2,2-5H3. The van der Waals surface area contributed by atoms with Crippen LogP contribution < -0.4 is 4.90 Å². The first-order chi connectivity index (χ1) is 9.56. The number of nitrogens with zero attached hydrogens (tertiary/aromatic N) is 1. The molecule has 0 aliphatic carbocycles. The van der Waals surface area contributed by atoms with Crippen LogP contribution in [0.15, 0.2) is 49.1 Å². The Bertz CT molecular complexity index is 574. The zero-order valence-corrected chi connectivity index (χ0v) is 12.9. The Hall–Kier alpha value is -2.02. The van der Waals surface area contributed by atoms with E-state index in [1.54, 1.807) is 0 Å². The minimum atomic E-state index is 0.814. The predicted octanol–water partition coefficient (Wildman–Crippen LogP) is 5.24. The SMILES string of the molecule is C=CCN(c1cccc(C)c1C)c1cccc(C)c1C. The van der Waals surface area contributed by atoms with Crippen LogP contribution in [0.5, 0.6) is 0 Å². The lowest BCUT2D eigenvalue weighted by atomic mass is 10.0. The summed E-state index contributed by atoms with van der Waals surface area (Å²) in [5, 5.41) is 0. The van der Waals surface area contributed by atoms with Crippen LogP contribution in [-0.2, 0) is 0 Å². The van der Waals surface area contributed by atoms with Crippen LogP contribution in [0.2, 0.25) is 0 Å². The lowest BCUT2D eigenvalue weighted by Crippen LogP contribution is -2.19. The van der Waals surface area contributed by atoms with Crippen LogP contribution in [0.1, 0.15) is 22.3 Å². The highest BCUT2D eigenvalue weighted by molar-refractivity contribution is 5.71. The monoisotopic (exact) mass is 265 g/mol. The molecule has 104 valence electrons. The topological polar surface area (TPSA) is 3.24 Å². The minimum Gasteiger partial charge on any atom is -0.337 e. The second-order valence-corrected chi connectivity index (χ2v) is 5.34. The summed E-state index contributed by atoms with van der Waals surface area (Å²) in [6.07, 6.45) is 1.96. The molecule has 2 rings (SSSR count). The van der Waals surface area contributed by atoms with Gasteiger partial charge >= 0.3 is 0 Å². The summed E-state index contributed by atoms with van der Waals surface area (Å²) in [4.78, 5) is 2.34. The molecule has 0 fully saturated rings. The van der Waals surface area contributed by atoms with Gasteiger partial charge in [0.2, 0.25) is 0 Å². The van der Waals surface area contributed by atoms with Gasteiger partial charge in [0.05, 0.1) is 0 Å². The summed E-state index contributed by atoms with van der Waals surface area (Å²) < 4.78 is 0. The van der Waals surface area contributed by atoms with Gasteiger partial charge in [-0.1, -0.05) is 30.3 Å². The van der Waals surface area contributed by atoms with E-state index in [9.17, 15) is 0 Å². The molecule has 0 aliphatic rings. The Balaban J connectivity index is 2.59. The van der Waals surface area contributed by atoms with Crippen molar-refractivity contribution in [3.8, 4) is 0 Å². The first-order valence-corrected chi connectivity index (χ1v) is 7.07. The molecule has 0 radical (unpaired) electrons. The molecule has 1 nitrogen and oxygen atoms in total. The van der Waals surface area contributed by atoms with E-state index in [4.69, 9.17) is 0 Å². The molecule has 0 aliphatic heterocycles. The summed E-state index contributed by atoms with van der Waals surface area (Å²) in [7, 11) is 0. The molecule has 0 amide bonds. The molecule has 2 aromatic rings. The summed E-state index contributed by atoms with van der Waals surface area (Å²) in [5.74, 6) is 0. The van der Waals surface area contributed by atoms with Gasteiger partial charge in [-0.2, -0.15) is 0 Å². The smallest absolute Gasteiger partial charge is 0.0446 e. The summed E-state index contributed by atoms with van der Waals surface area (Å²) in [6.45, 7) is 13.4. The third kappa shape index (κ3) is 2.62. The van der Waals surface area contributed by atoms with Crippen molar-refractivity contribution >= 4 is 11.4 Å². The minimum absolute atomic E-state index is 0.814. The first-order valence-electron chi connectivity index (χ1n) is 7.07. The normalized spacial score (nSPS) is 10.4. The molecule has 0 atom stereocenters. The van der Waals surface area contributed by atoms with Crippen LogP contribution in [0.4, 0.5) is 11.4 Å². The van der Waals surface area contributed by atoms with Crippen LogP contribution in [0.25, 0.3) is 0 Å². The number of hydrogen-bond donors (Lipinski definition) is 0. The highest BCUT2D eigenvalue weighted by atomic mass is 15.1. The van der Waals surface area contributed by atoms with Gasteiger partial charge in [-0.15, -0.1) is 6.58 Å². The molecule has 0 aromatic heterocycles. The van der Waals surface area contributed by atoms with Gasteiger partial charge in [-0.25, -0.2) is 0 Å². The Labute approximate surface area is 122 Å². The van der Waals surface area contributed by atoms with Crippen molar-refractivity contribution in [2.45, 2.75) is 27.7 Å². The molecule has 0 heterocycles. The molecule has 0 saturated carbocycles. The molecular formula is C19H23N.